The molecule has 1 unspecified atom stereocenters. The Bertz CT molecular complexity index is 2020. The van der Waals surface area contributed by atoms with Gasteiger partial charge in [-0.2, -0.15) is 5.26 Å². The molecular weight excluding hydrogens is 784 g/mol. The highest BCUT2D eigenvalue weighted by atomic mass is 32.2. The predicted molar refractivity (Wildman–Crippen MR) is 222 cm³/mol. The number of methoxy groups -OCH3 is 2. The van der Waals surface area contributed by atoms with Crippen LogP contribution in [0.5, 0.6) is 11.5 Å². The van der Waals surface area contributed by atoms with Crippen LogP contribution in [-0.2, 0) is 33.7 Å². The van der Waals surface area contributed by atoms with Crippen LogP contribution in [0.3, 0.4) is 0 Å². The van der Waals surface area contributed by atoms with Crippen molar-refractivity contribution in [3.05, 3.63) is 129 Å². The molecule has 5 rings (SSSR count). The summed E-state index contributed by atoms with van der Waals surface area (Å²) in [5, 5.41) is 9.23. The van der Waals surface area contributed by atoms with E-state index >= 15 is 0 Å². The number of thioether (sulfide) groups is 1. The summed E-state index contributed by atoms with van der Waals surface area (Å²) in [6, 6.07) is 28.3. The molecule has 1 aromatic heterocycles. The van der Waals surface area contributed by atoms with E-state index in [4.69, 9.17) is 32.7 Å². The summed E-state index contributed by atoms with van der Waals surface area (Å²) in [6.45, 7) is 9.52. The standard InChI is InChI=1S/C42H51N4O10PS/c1-28(2)46(29(3)4)57(54-25-11-23-43)56-38-36(55-40(39(38)52-27-58-30(5)47)45-24-22-37(48)44-41(45)49)26-53-42(31-12-9-8-10-13-31,32-14-18-34(50-6)19-15-32)33-16-20-35(51-7)21-17-33/h8-10,12-22,24,28-29,36,38-40H,11,25-27H2,1-7H3,(H,44,48,49)/t36-,38-,39-,40-,57?/m1/s1. The monoisotopic (exact) mass is 834 g/mol. The number of aromatic amines is 1. The molecule has 2 heterocycles. The van der Waals surface area contributed by atoms with E-state index in [1.165, 1.54) is 23.8 Å². The van der Waals surface area contributed by atoms with Gasteiger partial charge in [0, 0.05) is 31.3 Å². The maximum atomic E-state index is 13.4. The Labute approximate surface area is 344 Å². The number of nitrogens with zero attached hydrogens (tertiary/aromatic N) is 3. The van der Waals surface area contributed by atoms with Gasteiger partial charge in [-0.05, 0) is 68.7 Å². The molecule has 3 aromatic carbocycles. The molecule has 0 amide bonds. The van der Waals surface area contributed by atoms with Crippen molar-refractivity contribution in [1.29, 1.82) is 5.26 Å². The van der Waals surface area contributed by atoms with E-state index < -0.39 is 49.9 Å². The minimum atomic E-state index is -1.87. The molecule has 0 saturated carbocycles. The van der Waals surface area contributed by atoms with Crippen molar-refractivity contribution in [3.63, 3.8) is 0 Å². The Balaban J connectivity index is 1.68. The van der Waals surface area contributed by atoms with Crippen LogP contribution in [0.4, 0.5) is 0 Å². The highest BCUT2D eigenvalue weighted by Crippen LogP contribution is 2.51. The highest BCUT2D eigenvalue weighted by molar-refractivity contribution is 8.13. The van der Waals surface area contributed by atoms with Crippen LogP contribution in [0, 0.1) is 11.3 Å². The Kier molecular flexibility index (Phi) is 16.2. The second-order valence-corrected chi connectivity index (χ2v) is 16.4. The SMILES string of the molecule is COc1ccc(C(OC[C@H]2O[C@@H](n3ccc(=O)[nH]c3=O)[C@H](OCSC(C)=O)[C@@H]2OP(OCCC#N)N(C(C)C)C(C)C)(c2ccccc2)c2ccc(OC)cc2)cc1. The minimum absolute atomic E-state index is 0.0358. The smallest absolute Gasteiger partial charge is 0.330 e. The average Bonchev–Trinajstić information content (AvgIpc) is 3.54. The highest BCUT2D eigenvalue weighted by Gasteiger charge is 2.51. The number of carbonyl (C=O) groups is 1. The van der Waals surface area contributed by atoms with Crippen LogP contribution in [0.1, 0.15) is 64.0 Å². The first-order valence-electron chi connectivity index (χ1n) is 18.9. The molecule has 1 saturated heterocycles. The summed E-state index contributed by atoms with van der Waals surface area (Å²) in [5.41, 5.74) is -0.162. The van der Waals surface area contributed by atoms with Gasteiger partial charge >= 0.3 is 5.69 Å². The summed E-state index contributed by atoms with van der Waals surface area (Å²) in [4.78, 5) is 40.0. The lowest BCUT2D eigenvalue weighted by Crippen LogP contribution is -2.43. The van der Waals surface area contributed by atoms with Gasteiger partial charge in [0.15, 0.2) is 11.3 Å². The third-order valence-electron chi connectivity index (χ3n) is 9.45. The molecule has 16 heteroatoms. The number of hydrogen-bond donors (Lipinski definition) is 1. The molecule has 4 aromatic rings. The predicted octanol–water partition coefficient (Wildman–Crippen LogP) is 6.74. The van der Waals surface area contributed by atoms with E-state index in [0.717, 1.165) is 28.5 Å². The fourth-order valence-corrected chi connectivity index (χ4v) is 9.03. The molecule has 14 nitrogen and oxygen atoms in total. The number of ether oxygens (including phenoxy) is 5. The largest absolute Gasteiger partial charge is 0.497 e. The first kappa shape index (κ1) is 44.7. The lowest BCUT2D eigenvalue weighted by atomic mass is 9.80. The fourth-order valence-electron chi connectivity index (χ4n) is 6.87. The molecule has 310 valence electrons. The Morgan fingerprint density at radius 3 is 2.02 bits per heavy atom. The topological polar surface area (TPSA) is 164 Å². The van der Waals surface area contributed by atoms with Gasteiger partial charge in [0.05, 0.1) is 39.9 Å². The molecule has 0 bridgehead atoms. The third-order valence-corrected chi connectivity index (χ3v) is 12.2. The number of H-pyrrole nitrogens is 1. The zero-order chi connectivity index (χ0) is 41.8. The van der Waals surface area contributed by atoms with Gasteiger partial charge in [-0.25, -0.2) is 9.46 Å². The van der Waals surface area contributed by atoms with Gasteiger partial charge in [0.2, 0.25) is 0 Å². The van der Waals surface area contributed by atoms with Gasteiger partial charge in [0.25, 0.3) is 14.1 Å². The van der Waals surface area contributed by atoms with Crippen molar-refractivity contribution in [2.45, 2.75) is 83.3 Å². The molecular formula is C42H51N4O10PS. The molecule has 5 atom stereocenters. The van der Waals surface area contributed by atoms with E-state index in [9.17, 15) is 19.6 Å². The molecule has 1 N–H and O–H groups in total. The van der Waals surface area contributed by atoms with Crippen molar-refractivity contribution >= 4 is 25.4 Å². The maximum absolute atomic E-state index is 13.4. The third kappa shape index (κ3) is 10.6. The molecule has 1 fully saturated rings. The Morgan fingerprint density at radius 2 is 1.50 bits per heavy atom. The number of hydrogen-bond acceptors (Lipinski definition) is 13. The summed E-state index contributed by atoms with van der Waals surface area (Å²) in [5.74, 6) is 1.24. The maximum Gasteiger partial charge on any atom is 0.330 e. The fraction of sp³-hybridized carbons (Fsp3) is 0.429. The van der Waals surface area contributed by atoms with Gasteiger partial charge in [0.1, 0.15) is 41.4 Å². The first-order valence-corrected chi connectivity index (χ1v) is 21.0. The molecule has 0 radical (unpaired) electrons. The average molecular weight is 835 g/mol. The zero-order valence-corrected chi connectivity index (χ0v) is 35.4. The van der Waals surface area contributed by atoms with Crippen LogP contribution in [0.15, 0.2) is 101 Å². The van der Waals surface area contributed by atoms with Crippen LogP contribution in [0.25, 0.3) is 0 Å². The number of rotatable bonds is 20. The molecule has 0 aliphatic carbocycles. The summed E-state index contributed by atoms with van der Waals surface area (Å²) >= 11 is 0.951. The second-order valence-electron chi connectivity index (χ2n) is 13.9. The quantitative estimate of drug-likeness (QED) is 0.0431. The number of carbonyl (C=O) groups excluding carboxylic acids is 1. The van der Waals surface area contributed by atoms with Crippen LogP contribution in [0.2, 0.25) is 0 Å². The van der Waals surface area contributed by atoms with E-state index in [1.54, 1.807) is 14.2 Å². The van der Waals surface area contributed by atoms with Crippen LogP contribution < -0.4 is 20.7 Å². The molecule has 0 spiro atoms. The van der Waals surface area contributed by atoms with E-state index in [0.29, 0.717) is 11.5 Å². The van der Waals surface area contributed by atoms with Crippen molar-refractivity contribution in [3.8, 4) is 17.6 Å². The lowest BCUT2D eigenvalue weighted by Gasteiger charge is -2.39. The van der Waals surface area contributed by atoms with Crippen molar-refractivity contribution in [1.82, 2.24) is 14.2 Å². The van der Waals surface area contributed by atoms with Gasteiger partial charge in [-0.15, -0.1) is 0 Å². The number of nitriles is 1. The van der Waals surface area contributed by atoms with Gasteiger partial charge in [-0.1, -0.05) is 66.4 Å². The minimum Gasteiger partial charge on any atom is -0.497 e. The Hall–Kier alpha value is -4.36. The van der Waals surface area contributed by atoms with E-state index in [1.807, 2.05) is 107 Å². The normalized spacial score (nSPS) is 18.7. The summed E-state index contributed by atoms with van der Waals surface area (Å²) in [6.07, 6.45) is -2.57. The number of aromatic nitrogens is 2. The van der Waals surface area contributed by atoms with Crippen molar-refractivity contribution in [2.24, 2.45) is 0 Å². The molecule has 58 heavy (non-hydrogen) atoms. The van der Waals surface area contributed by atoms with E-state index in [-0.39, 0.29) is 42.8 Å². The lowest BCUT2D eigenvalue weighted by molar-refractivity contribution is -0.109. The second kappa shape index (κ2) is 21.1. The zero-order valence-electron chi connectivity index (χ0n) is 33.7. The molecule has 1 aliphatic rings. The summed E-state index contributed by atoms with van der Waals surface area (Å²) in [7, 11) is 1.34. The van der Waals surface area contributed by atoms with E-state index in [2.05, 4.69) is 15.7 Å². The summed E-state index contributed by atoms with van der Waals surface area (Å²) < 4.78 is 48.2. The number of nitrogens with one attached hydrogen (secondary N) is 1. The van der Waals surface area contributed by atoms with Crippen molar-refractivity contribution in [2.75, 3.05) is 33.4 Å². The van der Waals surface area contributed by atoms with Gasteiger partial charge < -0.3 is 32.7 Å². The number of benzene rings is 3. The van der Waals surface area contributed by atoms with Gasteiger partial charge in [-0.3, -0.25) is 19.1 Å². The van der Waals surface area contributed by atoms with Crippen molar-refractivity contribution < 1.29 is 37.5 Å². The molecule has 1 aliphatic heterocycles. The first-order chi connectivity index (χ1) is 27.9. The van der Waals surface area contributed by atoms with Crippen LogP contribution >= 0.6 is 20.3 Å². The van der Waals surface area contributed by atoms with Crippen LogP contribution in [-0.4, -0.2) is 83.1 Å². The Morgan fingerprint density at radius 1 is 0.914 bits per heavy atom.